The minimum Gasteiger partial charge on any atom is -0.469 e. The summed E-state index contributed by atoms with van der Waals surface area (Å²) in [4.78, 5) is 21.9. The van der Waals surface area contributed by atoms with E-state index in [0.717, 1.165) is 25.7 Å². The Labute approximate surface area is 148 Å². The molecule has 142 valence electrons. The van der Waals surface area contributed by atoms with Crippen molar-refractivity contribution in [2.24, 2.45) is 0 Å². The molecule has 0 aromatic carbocycles. The number of esters is 2. The van der Waals surface area contributed by atoms with Crippen LogP contribution in [0.5, 0.6) is 0 Å². The van der Waals surface area contributed by atoms with Gasteiger partial charge in [-0.15, -0.1) is 0 Å². The molecule has 0 rings (SSSR count). The maximum absolute atomic E-state index is 10.9. The van der Waals surface area contributed by atoms with Crippen LogP contribution in [0.25, 0.3) is 0 Å². The first-order chi connectivity index (χ1) is 11.7. The van der Waals surface area contributed by atoms with Crippen molar-refractivity contribution in [3.63, 3.8) is 0 Å². The standard InChI is InChI=1S/C20H38O4/c1-23-19(21)17-15-13-11-9-7-5-3-4-6-8-10-12-14-16-18-20(22)24-2/h3-18H2,1-2H3. The van der Waals surface area contributed by atoms with E-state index in [4.69, 9.17) is 0 Å². The molecule has 0 bridgehead atoms. The van der Waals surface area contributed by atoms with Gasteiger partial charge in [0.05, 0.1) is 14.2 Å². The van der Waals surface area contributed by atoms with Crippen LogP contribution < -0.4 is 0 Å². The minimum atomic E-state index is -0.0848. The van der Waals surface area contributed by atoms with Crippen LogP contribution >= 0.6 is 0 Å². The van der Waals surface area contributed by atoms with Gasteiger partial charge in [-0.1, -0.05) is 77.0 Å². The Morgan fingerprint density at radius 3 is 0.875 bits per heavy atom. The maximum Gasteiger partial charge on any atom is 0.305 e. The molecular formula is C20H38O4. The van der Waals surface area contributed by atoms with Crippen molar-refractivity contribution in [1.82, 2.24) is 0 Å². The van der Waals surface area contributed by atoms with Gasteiger partial charge in [-0.05, 0) is 12.8 Å². The molecule has 0 aromatic heterocycles. The van der Waals surface area contributed by atoms with E-state index in [1.165, 1.54) is 78.4 Å². The molecule has 4 heteroatoms. The molecule has 0 radical (unpaired) electrons. The highest BCUT2D eigenvalue weighted by Crippen LogP contribution is 2.13. The molecule has 0 heterocycles. The van der Waals surface area contributed by atoms with Crippen LogP contribution in [-0.4, -0.2) is 26.2 Å². The van der Waals surface area contributed by atoms with Gasteiger partial charge in [-0.3, -0.25) is 9.59 Å². The van der Waals surface area contributed by atoms with Crippen LogP contribution in [-0.2, 0) is 19.1 Å². The lowest BCUT2D eigenvalue weighted by atomic mass is 10.0. The summed E-state index contributed by atoms with van der Waals surface area (Å²) in [6.07, 6.45) is 18.5. The number of methoxy groups -OCH3 is 2. The summed E-state index contributed by atoms with van der Waals surface area (Å²) in [6, 6.07) is 0. The average molecular weight is 343 g/mol. The van der Waals surface area contributed by atoms with E-state index in [2.05, 4.69) is 9.47 Å². The Kier molecular flexibility index (Phi) is 17.5. The first-order valence-corrected chi connectivity index (χ1v) is 9.84. The lowest BCUT2D eigenvalue weighted by Gasteiger charge is -2.03. The number of carbonyl (C=O) groups is 2. The van der Waals surface area contributed by atoms with Gasteiger partial charge in [0.25, 0.3) is 0 Å². The molecule has 0 amide bonds. The Morgan fingerprint density at radius 2 is 0.667 bits per heavy atom. The summed E-state index contributed by atoms with van der Waals surface area (Å²) in [5.74, 6) is -0.170. The van der Waals surface area contributed by atoms with Crippen LogP contribution in [0, 0.1) is 0 Å². The third-order valence-electron chi connectivity index (χ3n) is 4.47. The third kappa shape index (κ3) is 17.3. The summed E-state index contributed by atoms with van der Waals surface area (Å²) in [7, 11) is 2.90. The van der Waals surface area contributed by atoms with Crippen LogP contribution in [0.15, 0.2) is 0 Å². The van der Waals surface area contributed by atoms with E-state index in [-0.39, 0.29) is 11.9 Å². The Bertz CT molecular complexity index is 272. The van der Waals surface area contributed by atoms with Crippen LogP contribution in [0.4, 0.5) is 0 Å². The molecule has 0 aliphatic rings. The summed E-state index contributed by atoms with van der Waals surface area (Å²) in [5, 5.41) is 0. The van der Waals surface area contributed by atoms with Crippen molar-refractivity contribution in [3.05, 3.63) is 0 Å². The quantitative estimate of drug-likeness (QED) is 0.256. The number of unbranched alkanes of at least 4 members (excludes halogenated alkanes) is 13. The van der Waals surface area contributed by atoms with Crippen LogP contribution in [0.1, 0.15) is 103 Å². The molecule has 0 aromatic rings. The minimum absolute atomic E-state index is 0.0848. The molecule has 0 spiro atoms. The molecule has 0 saturated heterocycles. The van der Waals surface area contributed by atoms with Gasteiger partial charge in [0.15, 0.2) is 0 Å². The largest absolute Gasteiger partial charge is 0.469 e. The molecule has 0 aliphatic carbocycles. The molecule has 0 N–H and O–H groups in total. The second kappa shape index (κ2) is 18.3. The summed E-state index contributed by atoms with van der Waals surface area (Å²) in [6.45, 7) is 0. The second-order valence-electron chi connectivity index (χ2n) is 6.60. The number of hydrogen-bond acceptors (Lipinski definition) is 4. The number of rotatable bonds is 17. The average Bonchev–Trinajstić information content (AvgIpc) is 2.60. The van der Waals surface area contributed by atoms with E-state index in [1.54, 1.807) is 0 Å². The molecule has 0 fully saturated rings. The highest BCUT2D eigenvalue weighted by molar-refractivity contribution is 5.69. The van der Waals surface area contributed by atoms with Crippen molar-refractivity contribution in [3.8, 4) is 0 Å². The molecule has 4 nitrogen and oxygen atoms in total. The molecule has 0 unspecified atom stereocenters. The topological polar surface area (TPSA) is 52.6 Å². The van der Waals surface area contributed by atoms with E-state index >= 15 is 0 Å². The fourth-order valence-electron chi connectivity index (χ4n) is 2.86. The van der Waals surface area contributed by atoms with Crippen molar-refractivity contribution >= 4 is 11.9 Å². The zero-order valence-corrected chi connectivity index (χ0v) is 15.9. The van der Waals surface area contributed by atoms with Gasteiger partial charge in [0, 0.05) is 12.8 Å². The lowest BCUT2D eigenvalue weighted by molar-refractivity contribution is -0.141. The normalized spacial score (nSPS) is 10.6. The monoisotopic (exact) mass is 342 g/mol. The Hall–Kier alpha value is -1.06. The fourth-order valence-corrected chi connectivity index (χ4v) is 2.86. The summed E-state index contributed by atoms with van der Waals surface area (Å²) >= 11 is 0. The number of hydrogen-bond donors (Lipinski definition) is 0. The number of ether oxygens (including phenoxy) is 2. The van der Waals surface area contributed by atoms with E-state index < -0.39 is 0 Å². The van der Waals surface area contributed by atoms with Crippen LogP contribution in [0.3, 0.4) is 0 Å². The van der Waals surface area contributed by atoms with Gasteiger partial charge in [0.1, 0.15) is 0 Å². The van der Waals surface area contributed by atoms with Crippen molar-refractivity contribution in [2.45, 2.75) is 103 Å². The van der Waals surface area contributed by atoms with Gasteiger partial charge < -0.3 is 9.47 Å². The molecule has 24 heavy (non-hydrogen) atoms. The predicted octanol–water partition coefficient (Wildman–Crippen LogP) is 5.57. The lowest BCUT2D eigenvalue weighted by Crippen LogP contribution is -1.99. The van der Waals surface area contributed by atoms with E-state index in [1.807, 2.05) is 0 Å². The smallest absolute Gasteiger partial charge is 0.305 e. The summed E-state index contributed by atoms with van der Waals surface area (Å²) < 4.78 is 9.25. The molecule has 0 atom stereocenters. The SMILES string of the molecule is COC(=O)CCCCCCCCCCCCCCCCC(=O)OC. The molecular weight excluding hydrogens is 304 g/mol. The summed E-state index contributed by atoms with van der Waals surface area (Å²) in [5.41, 5.74) is 0. The van der Waals surface area contributed by atoms with E-state index in [9.17, 15) is 9.59 Å². The van der Waals surface area contributed by atoms with Crippen molar-refractivity contribution < 1.29 is 19.1 Å². The van der Waals surface area contributed by atoms with Crippen LogP contribution in [0.2, 0.25) is 0 Å². The first-order valence-electron chi connectivity index (χ1n) is 9.84. The highest BCUT2D eigenvalue weighted by atomic mass is 16.5. The predicted molar refractivity (Wildman–Crippen MR) is 97.9 cm³/mol. The van der Waals surface area contributed by atoms with Gasteiger partial charge in [-0.2, -0.15) is 0 Å². The molecule has 0 aliphatic heterocycles. The van der Waals surface area contributed by atoms with Gasteiger partial charge >= 0.3 is 11.9 Å². The van der Waals surface area contributed by atoms with Gasteiger partial charge in [-0.25, -0.2) is 0 Å². The van der Waals surface area contributed by atoms with E-state index in [0.29, 0.717) is 12.8 Å². The second-order valence-corrected chi connectivity index (χ2v) is 6.60. The zero-order chi connectivity index (χ0) is 17.9. The third-order valence-corrected chi connectivity index (χ3v) is 4.47. The van der Waals surface area contributed by atoms with Gasteiger partial charge in [0.2, 0.25) is 0 Å². The fraction of sp³-hybridized carbons (Fsp3) is 0.900. The zero-order valence-electron chi connectivity index (χ0n) is 15.9. The maximum atomic E-state index is 10.9. The molecule has 0 saturated carbocycles. The van der Waals surface area contributed by atoms with Crippen molar-refractivity contribution in [1.29, 1.82) is 0 Å². The number of carbonyl (C=O) groups excluding carboxylic acids is 2. The Morgan fingerprint density at radius 1 is 0.458 bits per heavy atom. The Balaban J connectivity index is 3.05. The van der Waals surface area contributed by atoms with Crippen molar-refractivity contribution in [2.75, 3.05) is 14.2 Å². The highest BCUT2D eigenvalue weighted by Gasteiger charge is 2.00. The first kappa shape index (κ1) is 22.9.